The second-order valence-corrected chi connectivity index (χ2v) is 8.50. The van der Waals surface area contributed by atoms with E-state index < -0.39 is 0 Å². The minimum absolute atomic E-state index is 0.0584. The van der Waals surface area contributed by atoms with Gasteiger partial charge >= 0.3 is 0 Å². The molecule has 4 nitrogen and oxygen atoms in total. The van der Waals surface area contributed by atoms with Crippen LogP contribution in [0.25, 0.3) is 33.5 Å². The van der Waals surface area contributed by atoms with Gasteiger partial charge < -0.3 is 5.32 Å². The highest BCUT2D eigenvalue weighted by Gasteiger charge is 2.30. The van der Waals surface area contributed by atoms with Crippen LogP contribution >= 0.6 is 0 Å². The molecule has 0 unspecified atom stereocenters. The lowest BCUT2D eigenvalue weighted by Crippen LogP contribution is -2.24. The molecular weight excluding hydrogens is 382 g/mol. The van der Waals surface area contributed by atoms with Crippen molar-refractivity contribution in [2.45, 2.75) is 38.1 Å². The van der Waals surface area contributed by atoms with Crippen LogP contribution in [0.2, 0.25) is 0 Å². The molecule has 152 valence electrons. The molecule has 4 heteroatoms. The van der Waals surface area contributed by atoms with Gasteiger partial charge in [-0.15, -0.1) is 0 Å². The number of benzene rings is 3. The molecule has 31 heavy (non-hydrogen) atoms. The number of anilines is 1. The summed E-state index contributed by atoms with van der Waals surface area (Å²) in [6.07, 6.45) is 6.09. The molecule has 0 radical (unpaired) electrons. The van der Waals surface area contributed by atoms with Gasteiger partial charge in [-0.05, 0) is 25.0 Å². The summed E-state index contributed by atoms with van der Waals surface area (Å²) < 4.78 is 0. The van der Waals surface area contributed by atoms with Gasteiger partial charge in [0, 0.05) is 33.8 Å². The molecule has 0 saturated heterocycles. The van der Waals surface area contributed by atoms with Gasteiger partial charge in [0.15, 0.2) is 11.6 Å². The van der Waals surface area contributed by atoms with E-state index in [4.69, 9.17) is 9.97 Å². The lowest BCUT2D eigenvalue weighted by Gasteiger charge is -2.27. The fourth-order valence-electron chi connectivity index (χ4n) is 4.98. The number of rotatable bonds is 3. The summed E-state index contributed by atoms with van der Waals surface area (Å²) in [5.41, 5.74) is 5.87. The van der Waals surface area contributed by atoms with E-state index in [0.29, 0.717) is 17.4 Å². The third-order valence-corrected chi connectivity index (χ3v) is 6.51. The number of aromatic nitrogens is 2. The molecule has 0 bridgehead atoms. The van der Waals surface area contributed by atoms with Crippen LogP contribution in [0.1, 0.15) is 48.0 Å². The molecule has 0 aliphatic heterocycles. The molecule has 0 atom stereocenters. The Morgan fingerprint density at radius 3 is 2.32 bits per heavy atom. The fourth-order valence-corrected chi connectivity index (χ4v) is 4.98. The molecule has 4 aromatic rings. The zero-order valence-corrected chi connectivity index (χ0v) is 17.3. The maximum atomic E-state index is 13.6. The first kappa shape index (κ1) is 18.3. The molecular formula is C27H23N3O. The SMILES string of the molecule is O=C1c2ccccc2-c2nc(-c3ccccc3)nc3ccc(NC4CCCCC4)c1c23. The number of carbonyl (C=O) groups excluding carboxylic acids is 1. The highest BCUT2D eigenvalue weighted by molar-refractivity contribution is 6.27. The molecule has 0 amide bonds. The Morgan fingerprint density at radius 2 is 1.52 bits per heavy atom. The summed E-state index contributed by atoms with van der Waals surface area (Å²) in [6, 6.07) is 22.3. The van der Waals surface area contributed by atoms with Crippen molar-refractivity contribution in [1.82, 2.24) is 9.97 Å². The second-order valence-electron chi connectivity index (χ2n) is 8.50. The van der Waals surface area contributed by atoms with Crippen LogP contribution in [-0.2, 0) is 0 Å². The Hall–Kier alpha value is -3.53. The van der Waals surface area contributed by atoms with Crippen LogP contribution in [0.4, 0.5) is 5.69 Å². The molecule has 1 heterocycles. The summed E-state index contributed by atoms with van der Waals surface area (Å²) in [7, 11) is 0. The van der Waals surface area contributed by atoms with Gasteiger partial charge in [0.05, 0.1) is 16.8 Å². The van der Waals surface area contributed by atoms with Gasteiger partial charge in [-0.1, -0.05) is 73.9 Å². The summed E-state index contributed by atoms with van der Waals surface area (Å²) in [4.78, 5) is 23.4. The van der Waals surface area contributed by atoms with E-state index in [2.05, 4.69) is 5.32 Å². The number of nitrogens with zero attached hydrogens (tertiary/aromatic N) is 2. The average Bonchev–Trinajstić information content (AvgIpc) is 2.84. The van der Waals surface area contributed by atoms with Gasteiger partial charge in [-0.25, -0.2) is 9.97 Å². The zero-order valence-electron chi connectivity index (χ0n) is 17.3. The predicted octanol–water partition coefficient (Wildman–Crippen LogP) is 6.25. The minimum atomic E-state index is 0.0584. The summed E-state index contributed by atoms with van der Waals surface area (Å²) in [5, 5.41) is 4.55. The van der Waals surface area contributed by atoms with Gasteiger partial charge in [0.25, 0.3) is 0 Å². The molecule has 1 aromatic heterocycles. The van der Waals surface area contributed by atoms with Crippen molar-refractivity contribution >= 4 is 22.4 Å². The van der Waals surface area contributed by atoms with Crippen LogP contribution in [-0.4, -0.2) is 21.8 Å². The molecule has 1 saturated carbocycles. The second kappa shape index (κ2) is 7.31. The lowest BCUT2D eigenvalue weighted by molar-refractivity contribution is 0.104. The third-order valence-electron chi connectivity index (χ3n) is 6.51. The van der Waals surface area contributed by atoms with E-state index in [1.807, 2.05) is 66.7 Å². The lowest BCUT2D eigenvalue weighted by atomic mass is 9.85. The summed E-state index contributed by atoms with van der Waals surface area (Å²) in [6.45, 7) is 0. The number of hydrogen-bond donors (Lipinski definition) is 1. The minimum Gasteiger partial charge on any atom is -0.382 e. The topological polar surface area (TPSA) is 54.9 Å². The van der Waals surface area contributed by atoms with E-state index in [1.165, 1.54) is 19.3 Å². The molecule has 1 N–H and O–H groups in total. The van der Waals surface area contributed by atoms with E-state index in [1.54, 1.807) is 0 Å². The highest BCUT2D eigenvalue weighted by atomic mass is 16.1. The van der Waals surface area contributed by atoms with Crippen LogP contribution in [0.3, 0.4) is 0 Å². The number of ketones is 1. The number of nitrogens with one attached hydrogen (secondary N) is 1. The normalized spacial score (nSPS) is 15.7. The first-order valence-electron chi connectivity index (χ1n) is 11.1. The van der Waals surface area contributed by atoms with Crippen LogP contribution in [0.15, 0.2) is 66.7 Å². The van der Waals surface area contributed by atoms with E-state index in [9.17, 15) is 4.79 Å². The summed E-state index contributed by atoms with van der Waals surface area (Å²) >= 11 is 0. The largest absolute Gasteiger partial charge is 0.382 e. The maximum absolute atomic E-state index is 13.6. The monoisotopic (exact) mass is 405 g/mol. The van der Waals surface area contributed by atoms with Gasteiger partial charge in [0.2, 0.25) is 0 Å². The molecule has 3 aromatic carbocycles. The Labute approximate surface area is 181 Å². The first-order chi connectivity index (χ1) is 15.3. The number of hydrogen-bond acceptors (Lipinski definition) is 4. The van der Waals surface area contributed by atoms with Crippen molar-refractivity contribution in [1.29, 1.82) is 0 Å². The number of carbonyl (C=O) groups is 1. The Bertz CT molecular complexity index is 1310. The van der Waals surface area contributed by atoms with Crippen molar-refractivity contribution in [2.24, 2.45) is 0 Å². The van der Waals surface area contributed by atoms with E-state index in [0.717, 1.165) is 51.8 Å². The van der Waals surface area contributed by atoms with Gasteiger partial charge in [-0.2, -0.15) is 0 Å². The molecule has 1 fully saturated rings. The van der Waals surface area contributed by atoms with Crippen LogP contribution < -0.4 is 5.32 Å². The summed E-state index contributed by atoms with van der Waals surface area (Å²) in [5.74, 6) is 0.745. The molecule has 2 aliphatic rings. The number of fused-ring (bicyclic) bond motifs is 2. The Morgan fingerprint density at radius 1 is 0.774 bits per heavy atom. The van der Waals surface area contributed by atoms with Crippen molar-refractivity contribution < 1.29 is 4.79 Å². The highest BCUT2D eigenvalue weighted by Crippen LogP contribution is 2.42. The fraction of sp³-hybridized carbons (Fsp3) is 0.222. The predicted molar refractivity (Wildman–Crippen MR) is 124 cm³/mol. The average molecular weight is 406 g/mol. The van der Waals surface area contributed by atoms with Crippen molar-refractivity contribution in [2.75, 3.05) is 5.32 Å². The molecule has 2 aliphatic carbocycles. The van der Waals surface area contributed by atoms with Gasteiger partial charge in [-0.3, -0.25) is 4.79 Å². The molecule has 0 spiro atoms. The van der Waals surface area contributed by atoms with Crippen molar-refractivity contribution in [3.05, 3.63) is 77.9 Å². The van der Waals surface area contributed by atoms with E-state index >= 15 is 0 Å². The smallest absolute Gasteiger partial charge is 0.196 e. The standard InChI is InChI=1S/C27H23N3O/c31-26-20-14-8-7-13-19(20)25-23-21(29-27(30-25)17-9-3-1-4-10-17)15-16-22(24(23)26)28-18-11-5-2-6-12-18/h1,3-4,7-10,13-16,18,28H,2,5-6,11-12H2. The molecule has 6 rings (SSSR count). The zero-order chi connectivity index (χ0) is 20.8. The third kappa shape index (κ3) is 3.02. The van der Waals surface area contributed by atoms with Crippen LogP contribution in [0, 0.1) is 0 Å². The maximum Gasteiger partial charge on any atom is 0.196 e. The first-order valence-corrected chi connectivity index (χ1v) is 11.1. The quantitative estimate of drug-likeness (QED) is 0.385. The van der Waals surface area contributed by atoms with E-state index in [-0.39, 0.29) is 5.78 Å². The van der Waals surface area contributed by atoms with Crippen molar-refractivity contribution in [3.63, 3.8) is 0 Å². The Balaban J connectivity index is 1.60. The van der Waals surface area contributed by atoms with Crippen LogP contribution in [0.5, 0.6) is 0 Å². The van der Waals surface area contributed by atoms with Crippen molar-refractivity contribution in [3.8, 4) is 22.6 Å². The van der Waals surface area contributed by atoms with Gasteiger partial charge in [0.1, 0.15) is 0 Å². The Kier molecular flexibility index (Phi) is 4.30.